The third-order valence-electron chi connectivity index (χ3n) is 4.42. The minimum Gasteiger partial charge on any atom is -0.300 e. The van der Waals surface area contributed by atoms with E-state index in [4.69, 9.17) is 11.6 Å². The van der Waals surface area contributed by atoms with Crippen molar-refractivity contribution in [1.82, 2.24) is 5.32 Å². The van der Waals surface area contributed by atoms with E-state index in [1.165, 1.54) is 24.3 Å². The highest BCUT2D eigenvalue weighted by Gasteiger charge is 2.20. The number of non-ortho nitro benzene ring substituents is 1. The summed E-state index contributed by atoms with van der Waals surface area (Å²) in [6.07, 6.45) is 0. The van der Waals surface area contributed by atoms with E-state index in [1.54, 1.807) is 43.3 Å². The van der Waals surface area contributed by atoms with Crippen LogP contribution in [0.25, 0.3) is 0 Å². The number of halogens is 3. The van der Waals surface area contributed by atoms with Crippen molar-refractivity contribution >= 4 is 17.3 Å². The molecule has 0 aliphatic carbocycles. The first-order chi connectivity index (χ1) is 13.3. The van der Waals surface area contributed by atoms with Crippen LogP contribution < -0.4 is 5.32 Å². The normalized spacial score (nSPS) is 13.1. The van der Waals surface area contributed by atoms with Crippen LogP contribution in [0.15, 0.2) is 66.7 Å². The SMILES string of the molecule is C[C@@H](NC(c1ccc(Cl)cc1)c1cccc([N+](=O)[O-])c1)c1cc(F)cc(F)c1. The molecule has 7 heteroatoms. The molecule has 3 aromatic carbocycles. The largest absolute Gasteiger partial charge is 0.300 e. The van der Waals surface area contributed by atoms with Crippen LogP contribution >= 0.6 is 11.6 Å². The zero-order chi connectivity index (χ0) is 20.3. The summed E-state index contributed by atoms with van der Waals surface area (Å²) in [6, 6.07) is 15.7. The maximum absolute atomic E-state index is 13.6. The summed E-state index contributed by atoms with van der Waals surface area (Å²) in [6.45, 7) is 1.77. The van der Waals surface area contributed by atoms with Gasteiger partial charge in [-0.3, -0.25) is 15.4 Å². The molecule has 2 atom stereocenters. The Kier molecular flexibility index (Phi) is 6.02. The quantitative estimate of drug-likeness (QED) is 0.408. The van der Waals surface area contributed by atoms with Gasteiger partial charge < -0.3 is 0 Å². The Labute approximate surface area is 165 Å². The fourth-order valence-electron chi connectivity index (χ4n) is 3.03. The van der Waals surface area contributed by atoms with Crippen LogP contribution in [0.4, 0.5) is 14.5 Å². The van der Waals surface area contributed by atoms with E-state index in [9.17, 15) is 18.9 Å². The molecule has 4 nitrogen and oxygen atoms in total. The van der Waals surface area contributed by atoms with Crippen LogP contribution in [0.5, 0.6) is 0 Å². The minimum atomic E-state index is -0.665. The Balaban J connectivity index is 2.00. The summed E-state index contributed by atoms with van der Waals surface area (Å²) < 4.78 is 27.2. The van der Waals surface area contributed by atoms with Gasteiger partial charge in [-0.25, -0.2) is 8.78 Å². The fraction of sp³-hybridized carbons (Fsp3) is 0.143. The number of benzene rings is 3. The molecule has 28 heavy (non-hydrogen) atoms. The number of nitro benzene ring substituents is 1. The summed E-state index contributed by atoms with van der Waals surface area (Å²) in [5, 5.41) is 15.0. The molecular weight excluding hydrogens is 386 g/mol. The highest BCUT2D eigenvalue weighted by atomic mass is 35.5. The van der Waals surface area contributed by atoms with Crippen molar-refractivity contribution in [3.8, 4) is 0 Å². The fourth-order valence-corrected chi connectivity index (χ4v) is 3.16. The van der Waals surface area contributed by atoms with Gasteiger partial charge in [0.1, 0.15) is 11.6 Å². The van der Waals surface area contributed by atoms with Gasteiger partial charge in [0.05, 0.1) is 11.0 Å². The van der Waals surface area contributed by atoms with Gasteiger partial charge >= 0.3 is 0 Å². The molecule has 0 saturated heterocycles. The molecule has 3 rings (SSSR count). The average molecular weight is 403 g/mol. The molecule has 0 aliphatic heterocycles. The van der Waals surface area contributed by atoms with E-state index in [0.717, 1.165) is 11.6 Å². The number of rotatable bonds is 6. The summed E-state index contributed by atoms with van der Waals surface area (Å²) in [7, 11) is 0. The van der Waals surface area contributed by atoms with E-state index in [-0.39, 0.29) is 5.69 Å². The molecule has 0 spiro atoms. The monoisotopic (exact) mass is 402 g/mol. The van der Waals surface area contributed by atoms with Crippen molar-refractivity contribution < 1.29 is 13.7 Å². The summed E-state index contributed by atoms with van der Waals surface area (Å²) >= 11 is 5.97. The Bertz CT molecular complexity index is 976. The van der Waals surface area contributed by atoms with Gasteiger partial charge in [-0.1, -0.05) is 35.9 Å². The second kappa shape index (κ2) is 8.46. The van der Waals surface area contributed by atoms with Crippen molar-refractivity contribution in [2.45, 2.75) is 19.0 Å². The summed E-state index contributed by atoms with van der Waals surface area (Å²) in [5.41, 5.74) is 1.86. The molecule has 0 aliphatic rings. The van der Waals surface area contributed by atoms with E-state index in [0.29, 0.717) is 16.1 Å². The highest BCUT2D eigenvalue weighted by Crippen LogP contribution is 2.29. The molecule has 0 bridgehead atoms. The van der Waals surface area contributed by atoms with Crippen molar-refractivity contribution in [2.24, 2.45) is 0 Å². The molecular formula is C21H17ClF2N2O2. The van der Waals surface area contributed by atoms with Crippen LogP contribution in [0.1, 0.15) is 35.7 Å². The number of hydrogen-bond donors (Lipinski definition) is 1. The number of nitrogens with one attached hydrogen (secondary N) is 1. The van der Waals surface area contributed by atoms with Crippen LogP contribution in [-0.2, 0) is 0 Å². The highest BCUT2D eigenvalue weighted by molar-refractivity contribution is 6.30. The van der Waals surface area contributed by atoms with Gasteiger partial charge in [0.2, 0.25) is 0 Å². The number of hydrogen-bond acceptors (Lipinski definition) is 3. The maximum atomic E-state index is 13.6. The zero-order valence-corrected chi connectivity index (χ0v) is 15.7. The van der Waals surface area contributed by atoms with Crippen molar-refractivity contribution in [1.29, 1.82) is 0 Å². The lowest BCUT2D eigenvalue weighted by atomic mass is 9.96. The maximum Gasteiger partial charge on any atom is 0.269 e. The summed E-state index contributed by atoms with van der Waals surface area (Å²) in [5.74, 6) is -1.33. The van der Waals surface area contributed by atoms with E-state index >= 15 is 0 Å². The molecule has 144 valence electrons. The molecule has 3 aromatic rings. The predicted octanol–water partition coefficient (Wildman–Crippen LogP) is 5.97. The van der Waals surface area contributed by atoms with Gasteiger partial charge in [0.25, 0.3) is 5.69 Å². The van der Waals surface area contributed by atoms with Gasteiger partial charge in [-0.15, -0.1) is 0 Å². The molecule has 0 saturated carbocycles. The Morgan fingerprint density at radius 2 is 1.57 bits per heavy atom. The number of nitrogens with zero attached hydrogens (tertiary/aromatic N) is 1. The lowest BCUT2D eigenvalue weighted by molar-refractivity contribution is -0.384. The summed E-state index contributed by atoms with van der Waals surface area (Å²) in [4.78, 5) is 10.7. The third-order valence-corrected chi connectivity index (χ3v) is 4.67. The van der Waals surface area contributed by atoms with E-state index < -0.39 is 28.6 Å². The van der Waals surface area contributed by atoms with Crippen LogP contribution in [0.2, 0.25) is 5.02 Å². The Morgan fingerprint density at radius 1 is 0.929 bits per heavy atom. The smallest absolute Gasteiger partial charge is 0.269 e. The molecule has 1 unspecified atom stereocenters. The van der Waals surface area contributed by atoms with Gasteiger partial charge in [0, 0.05) is 29.3 Å². The second-order valence-electron chi connectivity index (χ2n) is 6.43. The standard InChI is InChI=1S/C21H17ClF2N2O2/c1-13(16-9-18(23)12-19(24)10-16)25-21(14-5-7-17(22)8-6-14)15-3-2-4-20(11-15)26(27)28/h2-13,21,25H,1H3/t13-,21?/m1/s1. The molecule has 0 heterocycles. The van der Waals surface area contributed by atoms with Crippen molar-refractivity contribution in [3.05, 3.63) is 110 Å². The van der Waals surface area contributed by atoms with Crippen molar-refractivity contribution in [3.63, 3.8) is 0 Å². The van der Waals surface area contributed by atoms with Crippen LogP contribution in [-0.4, -0.2) is 4.92 Å². The molecule has 0 fully saturated rings. The predicted molar refractivity (Wildman–Crippen MR) is 104 cm³/mol. The first kappa shape index (κ1) is 19.9. The lowest BCUT2D eigenvalue weighted by Gasteiger charge is -2.25. The zero-order valence-electron chi connectivity index (χ0n) is 14.9. The van der Waals surface area contributed by atoms with Gasteiger partial charge in [-0.2, -0.15) is 0 Å². The topological polar surface area (TPSA) is 55.2 Å². The van der Waals surface area contributed by atoms with Gasteiger partial charge in [0.15, 0.2) is 0 Å². The Hall–Kier alpha value is -2.83. The minimum absolute atomic E-state index is 0.0392. The Morgan fingerprint density at radius 3 is 2.18 bits per heavy atom. The third kappa shape index (κ3) is 4.71. The molecule has 1 N–H and O–H groups in total. The second-order valence-corrected chi connectivity index (χ2v) is 6.86. The lowest BCUT2D eigenvalue weighted by Crippen LogP contribution is -2.26. The first-order valence-corrected chi connectivity index (χ1v) is 8.93. The van der Waals surface area contributed by atoms with Crippen LogP contribution in [0, 0.1) is 21.7 Å². The molecule has 0 radical (unpaired) electrons. The van der Waals surface area contributed by atoms with E-state index in [1.807, 2.05) is 0 Å². The van der Waals surface area contributed by atoms with Gasteiger partial charge in [-0.05, 0) is 47.9 Å². The molecule has 0 aromatic heterocycles. The van der Waals surface area contributed by atoms with E-state index in [2.05, 4.69) is 5.32 Å². The molecule has 0 amide bonds. The average Bonchev–Trinajstić information content (AvgIpc) is 2.66. The number of nitro groups is 1. The first-order valence-electron chi connectivity index (χ1n) is 8.55. The van der Waals surface area contributed by atoms with Crippen LogP contribution in [0.3, 0.4) is 0 Å². The van der Waals surface area contributed by atoms with Crippen molar-refractivity contribution in [2.75, 3.05) is 0 Å².